The molecule has 0 fully saturated rings. The molecule has 1 aliphatic heterocycles. The van der Waals surface area contributed by atoms with Crippen LogP contribution < -0.4 is 5.32 Å². The Balaban J connectivity index is 1.57. The Hall–Kier alpha value is -2.63. The van der Waals surface area contributed by atoms with E-state index in [1.165, 1.54) is 6.07 Å². The predicted octanol–water partition coefficient (Wildman–Crippen LogP) is 2.97. The Bertz CT molecular complexity index is 784. The van der Waals surface area contributed by atoms with Gasteiger partial charge in [0.25, 0.3) is 5.91 Å². The number of hydrogen-bond acceptors (Lipinski definition) is 4. The molecule has 1 aliphatic rings. The lowest BCUT2D eigenvalue weighted by atomic mass is 9.95. The number of furan rings is 1. The summed E-state index contributed by atoms with van der Waals surface area (Å²) in [5.41, 5.74) is -0.330. The van der Waals surface area contributed by atoms with Crippen LogP contribution in [0.2, 0.25) is 0 Å². The Morgan fingerprint density at radius 2 is 2.12 bits per heavy atom. The first-order valence-electron chi connectivity index (χ1n) is 7.81. The molecular formula is C18H19FN2O3. The van der Waals surface area contributed by atoms with E-state index in [-0.39, 0.29) is 18.1 Å². The number of rotatable bonds is 5. The first kappa shape index (κ1) is 16.2. The average molecular weight is 330 g/mol. The molecule has 1 aromatic heterocycles. The van der Waals surface area contributed by atoms with Gasteiger partial charge in [0.15, 0.2) is 0 Å². The SMILES string of the molecule is Cc1ccc(CCNC(=O)[C@@]2(C)CC(c3ccccc3F)=NO2)o1. The zero-order valence-corrected chi connectivity index (χ0v) is 13.6. The lowest BCUT2D eigenvalue weighted by molar-refractivity contribution is -0.141. The van der Waals surface area contributed by atoms with E-state index in [0.29, 0.717) is 24.2 Å². The fraction of sp³-hybridized carbons (Fsp3) is 0.333. The van der Waals surface area contributed by atoms with Crippen LogP contribution in [0.3, 0.4) is 0 Å². The van der Waals surface area contributed by atoms with Gasteiger partial charge in [-0.15, -0.1) is 0 Å². The van der Waals surface area contributed by atoms with Crippen molar-refractivity contribution in [3.63, 3.8) is 0 Å². The van der Waals surface area contributed by atoms with Crippen LogP contribution in [-0.2, 0) is 16.1 Å². The maximum atomic E-state index is 13.8. The summed E-state index contributed by atoms with van der Waals surface area (Å²) in [5, 5.41) is 6.73. The van der Waals surface area contributed by atoms with Gasteiger partial charge >= 0.3 is 0 Å². The van der Waals surface area contributed by atoms with E-state index in [4.69, 9.17) is 9.25 Å². The normalized spacial score (nSPS) is 19.7. The molecule has 1 N–H and O–H groups in total. The summed E-state index contributed by atoms with van der Waals surface area (Å²) in [7, 11) is 0. The molecule has 3 rings (SSSR count). The zero-order chi connectivity index (χ0) is 17.2. The summed E-state index contributed by atoms with van der Waals surface area (Å²) in [6.45, 7) is 3.95. The maximum Gasteiger partial charge on any atom is 0.267 e. The van der Waals surface area contributed by atoms with Gasteiger partial charge in [-0.05, 0) is 32.0 Å². The van der Waals surface area contributed by atoms with Gasteiger partial charge in [-0.25, -0.2) is 4.39 Å². The molecule has 1 amide bonds. The van der Waals surface area contributed by atoms with E-state index >= 15 is 0 Å². The summed E-state index contributed by atoms with van der Waals surface area (Å²) < 4.78 is 19.3. The van der Waals surface area contributed by atoms with Crippen LogP contribution in [0.15, 0.2) is 46.0 Å². The van der Waals surface area contributed by atoms with Crippen molar-refractivity contribution in [2.45, 2.75) is 32.3 Å². The molecular weight excluding hydrogens is 311 g/mol. The van der Waals surface area contributed by atoms with Gasteiger partial charge in [-0.1, -0.05) is 23.4 Å². The molecule has 1 aromatic carbocycles. The highest BCUT2D eigenvalue weighted by molar-refractivity contribution is 6.05. The van der Waals surface area contributed by atoms with Crippen LogP contribution in [0.25, 0.3) is 0 Å². The lowest BCUT2D eigenvalue weighted by Crippen LogP contribution is -2.45. The van der Waals surface area contributed by atoms with Crippen molar-refractivity contribution in [2.75, 3.05) is 6.54 Å². The summed E-state index contributed by atoms with van der Waals surface area (Å²) >= 11 is 0. The zero-order valence-electron chi connectivity index (χ0n) is 13.6. The number of benzene rings is 1. The summed E-state index contributed by atoms with van der Waals surface area (Å²) in [6.07, 6.45) is 0.816. The third-order valence-corrected chi connectivity index (χ3v) is 3.98. The van der Waals surface area contributed by atoms with Crippen LogP contribution in [0.5, 0.6) is 0 Å². The van der Waals surface area contributed by atoms with Gasteiger partial charge in [-0.3, -0.25) is 4.79 Å². The monoisotopic (exact) mass is 330 g/mol. The largest absolute Gasteiger partial charge is 0.466 e. The Morgan fingerprint density at radius 1 is 1.33 bits per heavy atom. The Labute approximate surface area is 139 Å². The van der Waals surface area contributed by atoms with Gasteiger partial charge in [0.05, 0.1) is 5.71 Å². The average Bonchev–Trinajstić information content (AvgIpc) is 3.15. The standard InChI is InChI=1S/C18H19FN2O3/c1-12-7-8-13(23-12)9-10-20-17(22)18(2)11-16(21-24-18)14-5-3-4-6-15(14)19/h3-8H,9-11H2,1-2H3,(H,20,22)/t18-/m1/s1. The van der Waals surface area contributed by atoms with Gasteiger partial charge in [-0.2, -0.15) is 0 Å². The number of carbonyl (C=O) groups excluding carboxylic acids is 1. The molecule has 0 spiro atoms. The molecule has 0 radical (unpaired) electrons. The van der Waals surface area contributed by atoms with Crippen LogP contribution in [0, 0.1) is 12.7 Å². The first-order chi connectivity index (χ1) is 11.5. The second-order valence-corrected chi connectivity index (χ2v) is 6.04. The highest BCUT2D eigenvalue weighted by Gasteiger charge is 2.42. The lowest BCUT2D eigenvalue weighted by Gasteiger charge is -2.20. The maximum absolute atomic E-state index is 13.8. The minimum absolute atomic E-state index is 0.222. The van der Waals surface area contributed by atoms with Gasteiger partial charge in [0.2, 0.25) is 5.60 Å². The number of amides is 1. The quantitative estimate of drug-likeness (QED) is 0.917. The second kappa shape index (κ2) is 6.47. The van der Waals surface area contributed by atoms with E-state index in [2.05, 4.69) is 10.5 Å². The highest BCUT2D eigenvalue weighted by atomic mass is 19.1. The minimum atomic E-state index is -1.13. The molecule has 24 heavy (non-hydrogen) atoms. The van der Waals surface area contributed by atoms with Gasteiger partial charge in [0, 0.05) is 24.9 Å². The molecule has 0 unspecified atom stereocenters. The summed E-state index contributed by atoms with van der Waals surface area (Å²) in [5.74, 6) is 0.998. The molecule has 0 saturated heterocycles. The van der Waals surface area contributed by atoms with Crippen molar-refractivity contribution in [3.05, 3.63) is 59.3 Å². The number of oxime groups is 1. The number of hydrogen-bond donors (Lipinski definition) is 1. The van der Waals surface area contributed by atoms with E-state index in [1.807, 2.05) is 19.1 Å². The number of halogens is 1. The van der Waals surface area contributed by atoms with Crippen LogP contribution in [0.4, 0.5) is 4.39 Å². The van der Waals surface area contributed by atoms with E-state index < -0.39 is 5.60 Å². The molecule has 5 nitrogen and oxygen atoms in total. The van der Waals surface area contributed by atoms with Gasteiger partial charge in [0.1, 0.15) is 17.3 Å². The Morgan fingerprint density at radius 3 is 2.83 bits per heavy atom. The summed E-state index contributed by atoms with van der Waals surface area (Å²) in [4.78, 5) is 17.7. The Kier molecular flexibility index (Phi) is 4.38. The van der Waals surface area contributed by atoms with Crippen molar-refractivity contribution in [3.8, 4) is 0 Å². The number of nitrogens with one attached hydrogen (secondary N) is 1. The molecule has 126 valence electrons. The van der Waals surface area contributed by atoms with Crippen molar-refractivity contribution in [1.29, 1.82) is 0 Å². The molecule has 0 saturated carbocycles. The third kappa shape index (κ3) is 3.32. The molecule has 2 aromatic rings. The van der Waals surface area contributed by atoms with E-state index in [0.717, 1.165) is 11.5 Å². The molecule has 2 heterocycles. The molecule has 0 bridgehead atoms. The van der Waals surface area contributed by atoms with Crippen molar-refractivity contribution >= 4 is 11.6 Å². The molecule has 1 atom stereocenters. The van der Waals surface area contributed by atoms with Crippen molar-refractivity contribution < 1.29 is 18.4 Å². The van der Waals surface area contributed by atoms with Crippen LogP contribution in [0.1, 0.15) is 30.4 Å². The van der Waals surface area contributed by atoms with E-state index in [1.54, 1.807) is 25.1 Å². The first-order valence-corrected chi connectivity index (χ1v) is 7.81. The highest BCUT2D eigenvalue weighted by Crippen LogP contribution is 2.27. The van der Waals surface area contributed by atoms with Crippen molar-refractivity contribution in [2.24, 2.45) is 5.16 Å². The topological polar surface area (TPSA) is 63.8 Å². The molecule has 6 heteroatoms. The fourth-order valence-electron chi connectivity index (χ4n) is 2.61. The third-order valence-electron chi connectivity index (χ3n) is 3.98. The number of nitrogens with zero attached hydrogens (tertiary/aromatic N) is 1. The predicted molar refractivity (Wildman–Crippen MR) is 87.2 cm³/mol. The van der Waals surface area contributed by atoms with Crippen LogP contribution >= 0.6 is 0 Å². The van der Waals surface area contributed by atoms with Crippen molar-refractivity contribution in [1.82, 2.24) is 5.32 Å². The smallest absolute Gasteiger partial charge is 0.267 e. The van der Waals surface area contributed by atoms with E-state index in [9.17, 15) is 9.18 Å². The second-order valence-electron chi connectivity index (χ2n) is 6.04. The summed E-state index contributed by atoms with van der Waals surface area (Å²) in [6, 6.07) is 10.1. The van der Waals surface area contributed by atoms with Gasteiger partial charge < -0.3 is 14.6 Å². The van der Waals surface area contributed by atoms with Crippen LogP contribution in [-0.4, -0.2) is 23.8 Å². The number of carbonyl (C=O) groups is 1. The minimum Gasteiger partial charge on any atom is -0.466 e. The fourth-order valence-corrected chi connectivity index (χ4v) is 2.61. The molecule has 0 aliphatic carbocycles. The number of aryl methyl sites for hydroxylation is 1.